The molecule has 0 aromatic heterocycles. The highest BCUT2D eigenvalue weighted by atomic mass is 14.0. The van der Waals surface area contributed by atoms with Crippen LogP contribution in [0.5, 0.6) is 0 Å². The normalized spacial score (nSPS) is 9.38. The quantitative estimate of drug-likeness (QED) is 0.417. The Labute approximate surface area is 51.6 Å². The lowest BCUT2D eigenvalue weighted by molar-refractivity contribution is 0.571. The third kappa shape index (κ3) is 5.30. The molecule has 0 saturated heterocycles. The summed E-state index contributed by atoms with van der Waals surface area (Å²) in [4.78, 5) is 0. The molecule has 0 amide bonds. The van der Waals surface area contributed by atoms with Gasteiger partial charge in [0.25, 0.3) is 0 Å². The monoisotopic (exact) mass is 108 g/mol. The van der Waals surface area contributed by atoms with E-state index in [0.717, 1.165) is 0 Å². The van der Waals surface area contributed by atoms with E-state index in [9.17, 15) is 0 Å². The van der Waals surface area contributed by atoms with Crippen molar-refractivity contribution in [2.24, 2.45) is 5.41 Å². The summed E-state index contributed by atoms with van der Waals surface area (Å²) in [6, 6.07) is 0. The fourth-order valence-electron chi connectivity index (χ4n) is 0.268. The lowest BCUT2D eigenvalue weighted by Gasteiger charge is -2.05. The Hall–Kier alpha value is -0.700. The largest absolute Gasteiger partial charge is 0.0926 e. The van der Waals surface area contributed by atoms with E-state index >= 15 is 0 Å². The Balaban J connectivity index is 3.87. The van der Waals surface area contributed by atoms with E-state index in [1.807, 2.05) is 0 Å². The highest BCUT2D eigenvalue weighted by Gasteiger charge is 2.01. The molecule has 0 radical (unpaired) electrons. The van der Waals surface area contributed by atoms with Crippen LogP contribution in [-0.2, 0) is 0 Å². The van der Waals surface area contributed by atoms with E-state index < -0.39 is 0 Å². The third-order valence-electron chi connectivity index (χ3n) is 0.549. The summed E-state index contributed by atoms with van der Waals surface area (Å²) in [5.74, 6) is 5.81. The first-order valence-corrected chi connectivity index (χ1v) is 2.70. The summed E-state index contributed by atoms with van der Waals surface area (Å²) < 4.78 is 0. The average molecular weight is 108 g/mol. The second-order valence-electron chi connectivity index (χ2n) is 2.72. The van der Waals surface area contributed by atoms with Gasteiger partial charge in [-0.2, -0.15) is 0 Å². The van der Waals surface area contributed by atoms with E-state index in [1.54, 1.807) is 6.08 Å². The van der Waals surface area contributed by atoms with Crippen molar-refractivity contribution in [2.45, 2.75) is 20.8 Å². The SMILES string of the molecule is C=CC#CC(C)(C)C. The topological polar surface area (TPSA) is 0 Å². The Bertz CT molecular complexity index is 124. The van der Waals surface area contributed by atoms with Crippen molar-refractivity contribution in [1.29, 1.82) is 0 Å². The number of allylic oxidation sites excluding steroid dienone is 1. The first-order valence-electron chi connectivity index (χ1n) is 2.70. The van der Waals surface area contributed by atoms with Crippen molar-refractivity contribution in [3.63, 3.8) is 0 Å². The molecule has 0 heterocycles. The Morgan fingerprint density at radius 3 is 2.00 bits per heavy atom. The minimum atomic E-state index is 0.119. The summed E-state index contributed by atoms with van der Waals surface area (Å²) in [5, 5.41) is 0. The smallest absolute Gasteiger partial charge is 0.0233 e. The maximum Gasteiger partial charge on any atom is 0.0233 e. The molecule has 0 N–H and O–H groups in total. The Kier molecular flexibility index (Phi) is 2.34. The molecule has 0 aromatic carbocycles. The molecule has 0 nitrogen and oxygen atoms in total. The lowest BCUT2D eigenvalue weighted by atomic mass is 9.98. The molecule has 0 aliphatic carbocycles. The highest BCUT2D eigenvalue weighted by Crippen LogP contribution is 2.09. The fraction of sp³-hybridized carbons (Fsp3) is 0.500. The van der Waals surface area contributed by atoms with Gasteiger partial charge in [0.2, 0.25) is 0 Å². The number of hydrogen-bond acceptors (Lipinski definition) is 0. The molecule has 8 heavy (non-hydrogen) atoms. The van der Waals surface area contributed by atoms with E-state index in [1.165, 1.54) is 0 Å². The van der Waals surface area contributed by atoms with Crippen LogP contribution in [0.2, 0.25) is 0 Å². The molecule has 0 aliphatic rings. The highest BCUT2D eigenvalue weighted by molar-refractivity contribution is 5.16. The van der Waals surface area contributed by atoms with Crippen LogP contribution in [0, 0.1) is 17.3 Å². The van der Waals surface area contributed by atoms with Crippen molar-refractivity contribution in [2.75, 3.05) is 0 Å². The Morgan fingerprint density at radius 1 is 1.38 bits per heavy atom. The summed E-state index contributed by atoms with van der Waals surface area (Å²) in [5.41, 5.74) is 0.119. The summed E-state index contributed by atoms with van der Waals surface area (Å²) in [6.07, 6.45) is 1.62. The van der Waals surface area contributed by atoms with Crippen molar-refractivity contribution >= 4 is 0 Å². The van der Waals surface area contributed by atoms with Crippen LogP contribution in [0.25, 0.3) is 0 Å². The first kappa shape index (κ1) is 7.30. The van der Waals surface area contributed by atoms with Crippen molar-refractivity contribution in [3.8, 4) is 11.8 Å². The van der Waals surface area contributed by atoms with Gasteiger partial charge in [-0.1, -0.05) is 18.4 Å². The molecule has 0 aliphatic heterocycles. The van der Waals surface area contributed by atoms with E-state index in [0.29, 0.717) is 0 Å². The third-order valence-corrected chi connectivity index (χ3v) is 0.549. The van der Waals surface area contributed by atoms with Gasteiger partial charge in [0.05, 0.1) is 0 Å². The van der Waals surface area contributed by atoms with Gasteiger partial charge >= 0.3 is 0 Å². The van der Waals surface area contributed by atoms with Gasteiger partial charge in [-0.3, -0.25) is 0 Å². The van der Waals surface area contributed by atoms with E-state index in [-0.39, 0.29) is 5.41 Å². The zero-order chi connectivity index (χ0) is 6.62. The standard InChI is InChI=1S/C8H12/c1-5-6-7-8(2,3)4/h5H,1H2,2-4H3. The molecule has 0 rings (SSSR count). The molecule has 0 fully saturated rings. The lowest BCUT2D eigenvalue weighted by Crippen LogP contribution is -1.98. The number of hydrogen-bond donors (Lipinski definition) is 0. The molecule has 0 heteroatoms. The molecule has 0 spiro atoms. The molecule has 0 bridgehead atoms. The molecule has 0 unspecified atom stereocenters. The minimum Gasteiger partial charge on any atom is -0.0926 e. The minimum absolute atomic E-state index is 0.119. The maximum absolute atomic E-state index is 3.49. The van der Waals surface area contributed by atoms with Gasteiger partial charge < -0.3 is 0 Å². The molecular formula is C8H12. The van der Waals surface area contributed by atoms with Crippen LogP contribution in [0.1, 0.15) is 20.8 Å². The van der Waals surface area contributed by atoms with Crippen LogP contribution in [-0.4, -0.2) is 0 Å². The molecule has 44 valence electrons. The molecule has 0 aromatic rings. The van der Waals surface area contributed by atoms with Crippen molar-refractivity contribution in [3.05, 3.63) is 12.7 Å². The van der Waals surface area contributed by atoms with Crippen LogP contribution in [0.3, 0.4) is 0 Å². The van der Waals surface area contributed by atoms with Crippen LogP contribution in [0.4, 0.5) is 0 Å². The van der Waals surface area contributed by atoms with Gasteiger partial charge in [0.15, 0.2) is 0 Å². The molecular weight excluding hydrogens is 96.1 g/mol. The second-order valence-corrected chi connectivity index (χ2v) is 2.72. The number of rotatable bonds is 0. The van der Waals surface area contributed by atoms with Crippen molar-refractivity contribution < 1.29 is 0 Å². The molecule has 0 saturated carbocycles. The van der Waals surface area contributed by atoms with Crippen molar-refractivity contribution in [1.82, 2.24) is 0 Å². The summed E-state index contributed by atoms with van der Waals surface area (Å²) in [7, 11) is 0. The van der Waals surface area contributed by atoms with Gasteiger partial charge in [-0.15, -0.1) is 0 Å². The predicted molar refractivity (Wildman–Crippen MR) is 37.4 cm³/mol. The summed E-state index contributed by atoms with van der Waals surface area (Å²) >= 11 is 0. The Morgan fingerprint density at radius 2 is 1.88 bits per heavy atom. The zero-order valence-electron chi connectivity index (χ0n) is 5.78. The first-order chi connectivity index (χ1) is 3.56. The average Bonchev–Trinajstić information content (AvgIpc) is 1.59. The van der Waals surface area contributed by atoms with Gasteiger partial charge in [0, 0.05) is 5.41 Å². The van der Waals surface area contributed by atoms with E-state index in [2.05, 4.69) is 39.2 Å². The van der Waals surface area contributed by atoms with Gasteiger partial charge in [0.1, 0.15) is 0 Å². The van der Waals surface area contributed by atoms with Crippen LogP contribution >= 0.6 is 0 Å². The predicted octanol–water partition coefficient (Wildman–Crippen LogP) is 2.22. The second kappa shape index (κ2) is 2.57. The van der Waals surface area contributed by atoms with Crippen LogP contribution < -0.4 is 0 Å². The van der Waals surface area contributed by atoms with Crippen LogP contribution in [0.15, 0.2) is 12.7 Å². The zero-order valence-corrected chi connectivity index (χ0v) is 5.78. The van der Waals surface area contributed by atoms with Gasteiger partial charge in [-0.05, 0) is 26.8 Å². The maximum atomic E-state index is 3.49. The van der Waals surface area contributed by atoms with E-state index in [4.69, 9.17) is 0 Å². The molecule has 0 atom stereocenters. The fourth-order valence-corrected chi connectivity index (χ4v) is 0.268. The van der Waals surface area contributed by atoms with Gasteiger partial charge in [-0.25, -0.2) is 0 Å². The summed E-state index contributed by atoms with van der Waals surface area (Å²) in [6.45, 7) is 9.71.